The first-order valence-corrected chi connectivity index (χ1v) is 9.81. The Hall–Kier alpha value is -3.53. The molecule has 156 valence electrons. The van der Waals surface area contributed by atoms with Gasteiger partial charge in [-0.3, -0.25) is 9.59 Å². The lowest BCUT2D eigenvalue weighted by Crippen LogP contribution is -2.17. The van der Waals surface area contributed by atoms with Crippen molar-refractivity contribution in [2.24, 2.45) is 0 Å². The molecule has 0 spiro atoms. The fourth-order valence-electron chi connectivity index (χ4n) is 2.54. The van der Waals surface area contributed by atoms with Gasteiger partial charge in [0.2, 0.25) is 0 Å². The van der Waals surface area contributed by atoms with Crippen molar-refractivity contribution in [1.29, 1.82) is 0 Å². The monoisotopic (exact) mass is 429 g/mol. The van der Waals surface area contributed by atoms with E-state index < -0.39 is 17.6 Å². The average molecular weight is 429 g/mol. The van der Waals surface area contributed by atoms with E-state index in [9.17, 15) is 14.0 Å². The molecule has 0 aliphatic heterocycles. The average Bonchev–Trinajstić information content (AvgIpc) is 3.11. The summed E-state index contributed by atoms with van der Waals surface area (Å²) < 4.78 is 19.9. The maximum absolute atomic E-state index is 14.4. The number of thiazole rings is 1. The van der Waals surface area contributed by atoms with Gasteiger partial charge in [-0.1, -0.05) is 11.3 Å². The lowest BCUT2D eigenvalue weighted by Gasteiger charge is -2.12. The molecule has 0 saturated heterocycles. The van der Waals surface area contributed by atoms with Crippen molar-refractivity contribution in [3.8, 4) is 5.75 Å². The second-order valence-corrected chi connectivity index (χ2v) is 7.73. The Balaban J connectivity index is 1.77. The fourth-order valence-corrected chi connectivity index (χ4v) is 3.12. The van der Waals surface area contributed by atoms with Gasteiger partial charge in [-0.2, -0.15) is 0 Å². The van der Waals surface area contributed by atoms with Gasteiger partial charge in [-0.25, -0.2) is 14.4 Å². The lowest BCUT2D eigenvalue weighted by molar-refractivity contribution is 0.101. The molecule has 10 heteroatoms. The number of ether oxygens (including phenoxy) is 1. The number of aryl methyl sites for hydroxylation is 1. The summed E-state index contributed by atoms with van der Waals surface area (Å²) in [4.78, 5) is 33.1. The van der Waals surface area contributed by atoms with Crippen LogP contribution < -0.4 is 21.1 Å². The molecule has 4 N–H and O–H groups in total. The normalized spacial score (nSPS) is 10.7. The van der Waals surface area contributed by atoms with Crippen LogP contribution in [-0.4, -0.2) is 27.9 Å². The molecule has 0 saturated carbocycles. The molecule has 0 aliphatic carbocycles. The molecular weight excluding hydrogens is 409 g/mol. The summed E-state index contributed by atoms with van der Waals surface area (Å²) in [6, 6.07) is 5.66. The summed E-state index contributed by atoms with van der Waals surface area (Å²) in [5, 5.41) is 5.44. The van der Waals surface area contributed by atoms with Crippen molar-refractivity contribution in [1.82, 2.24) is 9.97 Å². The van der Waals surface area contributed by atoms with Crippen molar-refractivity contribution in [2.45, 2.75) is 26.9 Å². The van der Waals surface area contributed by atoms with Crippen molar-refractivity contribution < 1.29 is 18.7 Å². The van der Waals surface area contributed by atoms with Gasteiger partial charge < -0.3 is 21.1 Å². The summed E-state index contributed by atoms with van der Waals surface area (Å²) >= 11 is 1.02. The first-order chi connectivity index (χ1) is 14.2. The highest BCUT2D eigenvalue weighted by molar-refractivity contribution is 7.17. The number of anilines is 3. The zero-order valence-electron chi connectivity index (χ0n) is 16.5. The molecule has 3 rings (SSSR count). The van der Waals surface area contributed by atoms with Gasteiger partial charge in [0.15, 0.2) is 5.13 Å². The predicted molar refractivity (Wildman–Crippen MR) is 114 cm³/mol. The quantitative estimate of drug-likeness (QED) is 0.547. The zero-order chi connectivity index (χ0) is 21.8. The van der Waals surface area contributed by atoms with Gasteiger partial charge >= 0.3 is 0 Å². The van der Waals surface area contributed by atoms with Crippen LogP contribution in [0.5, 0.6) is 5.75 Å². The molecule has 0 fully saturated rings. The van der Waals surface area contributed by atoms with Crippen LogP contribution in [0.25, 0.3) is 0 Å². The van der Waals surface area contributed by atoms with E-state index in [2.05, 4.69) is 20.6 Å². The van der Waals surface area contributed by atoms with Crippen molar-refractivity contribution in [3.63, 3.8) is 0 Å². The zero-order valence-corrected chi connectivity index (χ0v) is 17.3. The van der Waals surface area contributed by atoms with Crippen LogP contribution in [0.4, 0.5) is 21.0 Å². The Morgan fingerprint density at radius 3 is 2.50 bits per heavy atom. The number of carbonyl (C=O) groups is 2. The third-order valence-corrected chi connectivity index (χ3v) is 4.73. The number of amides is 2. The topological polar surface area (TPSA) is 119 Å². The molecule has 8 nitrogen and oxygen atoms in total. The molecule has 3 aromatic rings. The second-order valence-electron chi connectivity index (χ2n) is 6.66. The van der Waals surface area contributed by atoms with E-state index in [0.717, 1.165) is 11.3 Å². The number of nitrogens with one attached hydrogen (secondary N) is 2. The number of nitrogen functional groups attached to an aromatic ring is 1. The molecular formula is C20H20FN5O3S. The Morgan fingerprint density at radius 2 is 1.90 bits per heavy atom. The number of rotatable bonds is 6. The highest BCUT2D eigenvalue weighted by atomic mass is 32.1. The number of carbonyl (C=O) groups excluding carboxylic acids is 2. The van der Waals surface area contributed by atoms with Gasteiger partial charge in [-0.15, -0.1) is 0 Å². The highest BCUT2D eigenvalue weighted by Gasteiger charge is 2.18. The standard InChI is InChI=1S/C20H20FN5O3S/c1-10(2)29-12-4-5-17(23-8-12)26-18(27)13-7-15(11(3)6-14(13)21)25-19(28)16-9-24-20(22)30-16/h4-10H,1-3H3,(H2,22,24)(H,25,28)(H,23,26,27). The van der Waals surface area contributed by atoms with Gasteiger partial charge in [0.25, 0.3) is 11.8 Å². The van der Waals surface area contributed by atoms with E-state index >= 15 is 0 Å². The van der Waals surface area contributed by atoms with E-state index in [1.807, 2.05) is 13.8 Å². The van der Waals surface area contributed by atoms with E-state index in [-0.39, 0.29) is 22.6 Å². The van der Waals surface area contributed by atoms with Crippen LogP contribution in [0.15, 0.2) is 36.7 Å². The minimum Gasteiger partial charge on any atom is -0.489 e. The Kier molecular flexibility index (Phi) is 6.26. The third-order valence-electron chi connectivity index (χ3n) is 3.90. The van der Waals surface area contributed by atoms with Crippen molar-refractivity contribution in [3.05, 3.63) is 58.5 Å². The van der Waals surface area contributed by atoms with Crippen LogP contribution in [-0.2, 0) is 0 Å². The maximum Gasteiger partial charge on any atom is 0.267 e. The molecule has 1 aromatic carbocycles. The van der Waals surface area contributed by atoms with Crippen LogP contribution in [0.1, 0.15) is 39.4 Å². The van der Waals surface area contributed by atoms with E-state index in [1.54, 1.807) is 19.1 Å². The van der Waals surface area contributed by atoms with Crippen molar-refractivity contribution >= 4 is 39.8 Å². The number of pyridine rings is 1. The Labute approximate surface area is 176 Å². The second kappa shape index (κ2) is 8.87. The summed E-state index contributed by atoms with van der Waals surface area (Å²) in [6.07, 6.45) is 2.80. The largest absolute Gasteiger partial charge is 0.489 e. The Bertz CT molecular complexity index is 1080. The first kappa shape index (κ1) is 21.2. The predicted octanol–water partition coefficient (Wildman–Crippen LogP) is 3.86. The first-order valence-electron chi connectivity index (χ1n) is 9.00. The highest BCUT2D eigenvalue weighted by Crippen LogP contribution is 2.23. The number of halogens is 1. The minimum atomic E-state index is -0.718. The van der Waals surface area contributed by atoms with Crippen LogP contribution in [0, 0.1) is 12.7 Å². The lowest BCUT2D eigenvalue weighted by atomic mass is 10.1. The number of nitrogens with two attached hydrogens (primary N) is 1. The van der Waals surface area contributed by atoms with Crippen LogP contribution >= 0.6 is 11.3 Å². The SMILES string of the molecule is Cc1cc(F)c(C(=O)Nc2ccc(OC(C)C)cn2)cc1NC(=O)c1cnc(N)s1. The maximum atomic E-state index is 14.4. The summed E-state index contributed by atoms with van der Waals surface area (Å²) in [6.45, 7) is 5.39. The summed E-state index contributed by atoms with van der Waals surface area (Å²) in [5.74, 6) is -1.08. The van der Waals surface area contributed by atoms with E-state index in [0.29, 0.717) is 21.9 Å². The summed E-state index contributed by atoms with van der Waals surface area (Å²) in [5.41, 5.74) is 6.07. The van der Waals surface area contributed by atoms with Gasteiger partial charge in [0.1, 0.15) is 22.3 Å². The molecule has 0 radical (unpaired) electrons. The molecule has 2 heterocycles. The van der Waals surface area contributed by atoms with Crippen LogP contribution in [0.2, 0.25) is 0 Å². The van der Waals surface area contributed by atoms with Gasteiger partial charge in [-0.05, 0) is 50.6 Å². The minimum absolute atomic E-state index is 0.0103. The number of benzene rings is 1. The molecule has 2 amide bonds. The Morgan fingerprint density at radius 1 is 1.13 bits per heavy atom. The molecule has 0 aliphatic rings. The van der Waals surface area contributed by atoms with Crippen molar-refractivity contribution in [2.75, 3.05) is 16.4 Å². The molecule has 0 unspecified atom stereocenters. The van der Waals surface area contributed by atoms with Crippen LogP contribution in [0.3, 0.4) is 0 Å². The number of aromatic nitrogens is 2. The summed E-state index contributed by atoms with van der Waals surface area (Å²) in [7, 11) is 0. The third kappa shape index (κ3) is 5.09. The van der Waals surface area contributed by atoms with E-state index in [1.165, 1.54) is 24.5 Å². The number of hydrogen-bond acceptors (Lipinski definition) is 7. The number of nitrogens with zero attached hydrogens (tertiary/aromatic N) is 2. The smallest absolute Gasteiger partial charge is 0.267 e. The molecule has 30 heavy (non-hydrogen) atoms. The fraction of sp³-hybridized carbons (Fsp3) is 0.200. The van der Waals surface area contributed by atoms with Gasteiger partial charge in [0.05, 0.1) is 24.1 Å². The van der Waals surface area contributed by atoms with E-state index in [4.69, 9.17) is 10.5 Å². The molecule has 0 atom stereocenters. The van der Waals surface area contributed by atoms with Gasteiger partial charge in [0, 0.05) is 5.69 Å². The number of hydrogen-bond donors (Lipinski definition) is 3. The molecule has 2 aromatic heterocycles. The molecule has 0 bridgehead atoms.